The van der Waals surface area contributed by atoms with E-state index in [0.717, 1.165) is 12.8 Å². The van der Waals surface area contributed by atoms with Crippen molar-refractivity contribution in [3.63, 3.8) is 0 Å². The van der Waals surface area contributed by atoms with Crippen LogP contribution in [-0.4, -0.2) is 15.0 Å². The molecular weight excluding hydrogens is 193 g/mol. The quantitative estimate of drug-likeness (QED) is 0.770. The minimum Gasteiger partial charge on any atom is -0.219 e. The number of hydrogen-bond acceptors (Lipinski definition) is 2. The number of aromatic nitrogens is 3. The molecule has 0 saturated heterocycles. The van der Waals surface area contributed by atoms with Gasteiger partial charge in [-0.1, -0.05) is 39.3 Å². The fourth-order valence-electron chi connectivity index (χ4n) is 1.40. The largest absolute Gasteiger partial charge is 0.234 e. The van der Waals surface area contributed by atoms with Crippen molar-refractivity contribution in [1.82, 2.24) is 15.0 Å². The fraction of sp³-hybridized carbons (Fsp3) is 0.818. The first kappa shape index (κ1) is 12.1. The second-order valence-corrected chi connectivity index (χ2v) is 5.14. The van der Waals surface area contributed by atoms with Crippen LogP contribution < -0.4 is 0 Å². The maximum absolute atomic E-state index is 13.7. The lowest BCUT2D eigenvalue weighted by Gasteiger charge is -2.15. The lowest BCUT2D eigenvalue weighted by molar-refractivity contribution is 0.387. The van der Waals surface area contributed by atoms with E-state index in [-0.39, 0.29) is 11.4 Å². The summed E-state index contributed by atoms with van der Waals surface area (Å²) in [5.41, 5.74) is 0.533. The van der Waals surface area contributed by atoms with Gasteiger partial charge in [0.05, 0.1) is 0 Å². The summed E-state index contributed by atoms with van der Waals surface area (Å²) in [5, 5.41) is 7.72. The van der Waals surface area contributed by atoms with Crippen LogP contribution in [0, 0.1) is 11.4 Å². The third-order valence-electron chi connectivity index (χ3n) is 2.16. The van der Waals surface area contributed by atoms with Crippen LogP contribution in [0.1, 0.15) is 46.2 Å². The van der Waals surface area contributed by atoms with Crippen molar-refractivity contribution < 1.29 is 4.39 Å². The third-order valence-corrected chi connectivity index (χ3v) is 2.16. The van der Waals surface area contributed by atoms with Gasteiger partial charge in [-0.25, -0.2) is 4.68 Å². The number of rotatable bonds is 4. The van der Waals surface area contributed by atoms with Gasteiger partial charge in [-0.05, 0) is 11.8 Å². The Morgan fingerprint density at radius 3 is 2.53 bits per heavy atom. The monoisotopic (exact) mass is 213 g/mol. The minimum atomic E-state index is -0.265. The van der Waals surface area contributed by atoms with Crippen LogP contribution in [0.15, 0.2) is 0 Å². The molecule has 1 aromatic rings. The lowest BCUT2D eigenvalue weighted by Crippen LogP contribution is -2.11. The van der Waals surface area contributed by atoms with Crippen molar-refractivity contribution in [3.05, 3.63) is 11.6 Å². The minimum absolute atomic E-state index is 0.0481. The predicted molar refractivity (Wildman–Crippen MR) is 58.0 cm³/mol. The van der Waals surface area contributed by atoms with Gasteiger partial charge in [0.15, 0.2) is 0 Å². The smallest absolute Gasteiger partial charge is 0.219 e. The second-order valence-electron chi connectivity index (χ2n) is 5.14. The van der Waals surface area contributed by atoms with Gasteiger partial charge >= 0.3 is 0 Å². The van der Waals surface area contributed by atoms with Crippen LogP contribution in [-0.2, 0) is 13.0 Å². The molecule has 0 saturated carbocycles. The molecule has 15 heavy (non-hydrogen) atoms. The molecule has 0 aliphatic heterocycles. The molecular formula is C11H20FN3. The SMILES string of the molecule is CCCCn1nnc(CC(C)(C)C)c1F. The van der Waals surface area contributed by atoms with Gasteiger partial charge < -0.3 is 0 Å². The van der Waals surface area contributed by atoms with Crippen molar-refractivity contribution in [2.45, 2.75) is 53.5 Å². The molecule has 0 bridgehead atoms. The van der Waals surface area contributed by atoms with Gasteiger partial charge in [0, 0.05) is 13.0 Å². The Hall–Kier alpha value is -0.930. The molecule has 0 spiro atoms. The van der Waals surface area contributed by atoms with E-state index in [0.29, 0.717) is 18.7 Å². The Labute approximate surface area is 90.7 Å². The van der Waals surface area contributed by atoms with E-state index in [1.165, 1.54) is 4.68 Å². The highest BCUT2D eigenvalue weighted by molar-refractivity contribution is 4.99. The van der Waals surface area contributed by atoms with E-state index in [2.05, 4.69) is 38.0 Å². The molecule has 0 aliphatic carbocycles. The summed E-state index contributed by atoms with van der Waals surface area (Å²) >= 11 is 0. The molecule has 3 nitrogen and oxygen atoms in total. The highest BCUT2D eigenvalue weighted by Gasteiger charge is 2.19. The van der Waals surface area contributed by atoms with Gasteiger partial charge in [-0.15, -0.1) is 5.10 Å². The summed E-state index contributed by atoms with van der Waals surface area (Å²) in [4.78, 5) is 0. The van der Waals surface area contributed by atoms with Crippen molar-refractivity contribution in [2.24, 2.45) is 5.41 Å². The molecule has 0 amide bonds. The van der Waals surface area contributed by atoms with E-state index in [4.69, 9.17) is 0 Å². The van der Waals surface area contributed by atoms with Crippen LogP contribution in [0.4, 0.5) is 4.39 Å². The molecule has 0 aromatic carbocycles. The van der Waals surface area contributed by atoms with Crippen molar-refractivity contribution in [2.75, 3.05) is 0 Å². The molecule has 0 unspecified atom stereocenters. The van der Waals surface area contributed by atoms with Gasteiger partial charge in [-0.2, -0.15) is 4.39 Å². The first-order valence-electron chi connectivity index (χ1n) is 5.52. The van der Waals surface area contributed by atoms with Gasteiger partial charge in [0.25, 0.3) is 0 Å². The molecule has 4 heteroatoms. The highest BCUT2D eigenvalue weighted by atomic mass is 19.1. The second kappa shape index (κ2) is 4.73. The number of hydrogen-bond donors (Lipinski definition) is 0. The molecule has 0 atom stereocenters. The number of unbranched alkanes of at least 4 members (excludes halogenated alkanes) is 1. The molecule has 86 valence electrons. The van der Waals surface area contributed by atoms with E-state index in [1.54, 1.807) is 0 Å². The molecule has 0 radical (unpaired) electrons. The topological polar surface area (TPSA) is 30.7 Å². The zero-order chi connectivity index (χ0) is 11.5. The fourth-order valence-corrected chi connectivity index (χ4v) is 1.40. The average Bonchev–Trinajstić information content (AvgIpc) is 2.43. The number of nitrogens with zero attached hydrogens (tertiary/aromatic N) is 3. The maximum atomic E-state index is 13.7. The highest BCUT2D eigenvalue weighted by Crippen LogP contribution is 2.20. The zero-order valence-corrected chi connectivity index (χ0v) is 10.0. The Morgan fingerprint density at radius 2 is 2.00 bits per heavy atom. The molecule has 1 rings (SSSR count). The van der Waals surface area contributed by atoms with E-state index >= 15 is 0 Å². The Bertz CT molecular complexity index is 312. The Morgan fingerprint density at radius 1 is 1.33 bits per heavy atom. The van der Waals surface area contributed by atoms with Gasteiger partial charge in [-0.3, -0.25) is 0 Å². The summed E-state index contributed by atoms with van der Waals surface area (Å²) in [6.07, 6.45) is 2.61. The van der Waals surface area contributed by atoms with Crippen LogP contribution in [0.5, 0.6) is 0 Å². The molecule has 0 N–H and O–H groups in total. The first-order valence-corrected chi connectivity index (χ1v) is 5.52. The van der Waals surface area contributed by atoms with Crippen molar-refractivity contribution in [1.29, 1.82) is 0 Å². The van der Waals surface area contributed by atoms with Crippen molar-refractivity contribution >= 4 is 0 Å². The zero-order valence-electron chi connectivity index (χ0n) is 10.0. The van der Waals surface area contributed by atoms with Crippen molar-refractivity contribution in [3.8, 4) is 0 Å². The van der Waals surface area contributed by atoms with Crippen LogP contribution in [0.25, 0.3) is 0 Å². The van der Waals surface area contributed by atoms with Crippen LogP contribution in [0.2, 0.25) is 0 Å². The molecule has 0 aliphatic rings. The summed E-state index contributed by atoms with van der Waals surface area (Å²) in [6.45, 7) is 8.90. The summed E-state index contributed by atoms with van der Waals surface area (Å²) in [7, 11) is 0. The summed E-state index contributed by atoms with van der Waals surface area (Å²) in [6, 6.07) is 0. The number of aryl methyl sites for hydroxylation is 1. The lowest BCUT2D eigenvalue weighted by atomic mass is 9.91. The van der Waals surface area contributed by atoms with Gasteiger partial charge in [0.1, 0.15) is 5.69 Å². The predicted octanol–water partition coefficient (Wildman–Crippen LogP) is 2.81. The molecule has 1 heterocycles. The number of halogens is 1. The summed E-state index contributed by atoms with van der Waals surface area (Å²) in [5.74, 6) is -0.265. The molecule has 0 fully saturated rings. The van der Waals surface area contributed by atoms with Gasteiger partial charge in [0.2, 0.25) is 5.95 Å². The first-order chi connectivity index (χ1) is 6.94. The average molecular weight is 213 g/mol. The van der Waals surface area contributed by atoms with Crippen LogP contribution in [0.3, 0.4) is 0 Å². The van der Waals surface area contributed by atoms with E-state index in [9.17, 15) is 4.39 Å². The third kappa shape index (κ3) is 3.61. The standard InChI is InChI=1S/C11H20FN3/c1-5-6-7-15-10(12)9(13-14-15)8-11(2,3)4/h5-8H2,1-4H3. The maximum Gasteiger partial charge on any atom is 0.234 e. The van der Waals surface area contributed by atoms with E-state index in [1.807, 2.05) is 0 Å². The van der Waals surface area contributed by atoms with E-state index < -0.39 is 0 Å². The van der Waals surface area contributed by atoms with Crippen LogP contribution >= 0.6 is 0 Å². The normalized spacial score (nSPS) is 12.1. The Kier molecular flexibility index (Phi) is 3.83. The summed E-state index contributed by atoms with van der Waals surface area (Å²) < 4.78 is 15.1. The Balaban J connectivity index is 2.71. The molecule has 1 aromatic heterocycles.